The Balaban J connectivity index is 1.75. The van der Waals surface area contributed by atoms with Gasteiger partial charge in [-0.3, -0.25) is 0 Å². The van der Waals surface area contributed by atoms with Gasteiger partial charge in [-0.2, -0.15) is 0 Å². The molecule has 0 N–H and O–H groups in total. The van der Waals surface area contributed by atoms with Crippen LogP contribution in [0.3, 0.4) is 0 Å². The molecule has 2 nitrogen and oxygen atoms in total. The van der Waals surface area contributed by atoms with E-state index in [-0.39, 0.29) is 6.04 Å². The molecule has 0 amide bonds. The van der Waals surface area contributed by atoms with Gasteiger partial charge in [-0.15, -0.1) is 0 Å². The van der Waals surface area contributed by atoms with Gasteiger partial charge in [0, 0.05) is 0 Å². The number of benzene rings is 1. The van der Waals surface area contributed by atoms with Crippen LogP contribution in [0.1, 0.15) is 11.6 Å². The van der Waals surface area contributed by atoms with Crippen molar-refractivity contribution in [1.82, 2.24) is 0 Å². The highest BCUT2D eigenvalue weighted by molar-refractivity contribution is 5.96. The first-order valence-corrected chi connectivity index (χ1v) is 5.41. The minimum atomic E-state index is 0.145. The molecule has 1 aromatic rings. The Bertz CT molecular complexity index is 379. The van der Waals surface area contributed by atoms with E-state index in [9.17, 15) is 0 Å². The van der Waals surface area contributed by atoms with Gasteiger partial charge in [-0.1, -0.05) is 30.3 Å². The molecule has 5 radical (unpaired) electrons. The van der Waals surface area contributed by atoms with Crippen LogP contribution in [0.5, 0.6) is 0 Å². The third-order valence-corrected chi connectivity index (χ3v) is 2.74. The van der Waals surface area contributed by atoms with Gasteiger partial charge in [0.1, 0.15) is 12.6 Å². The van der Waals surface area contributed by atoms with Gasteiger partial charge in [-0.05, 0) is 31.2 Å². The standard InChI is InChI=1S/C14H12NO/c1-2-6-11(7-3-1)13-10-16-14(15-13)12-8-4-5-9-12/h1-9,13H,10H2/t13-/m0/s1. The lowest BCUT2D eigenvalue weighted by Gasteiger charge is -2.05. The van der Waals surface area contributed by atoms with Crippen LogP contribution in [-0.4, -0.2) is 12.5 Å². The maximum absolute atomic E-state index is 5.61. The van der Waals surface area contributed by atoms with Gasteiger partial charge in [0.2, 0.25) is 0 Å². The van der Waals surface area contributed by atoms with Crippen LogP contribution in [-0.2, 0) is 4.74 Å². The fraction of sp³-hybridized carbons (Fsp3) is 0.143. The largest absolute Gasteiger partial charge is 0.478 e. The summed E-state index contributed by atoms with van der Waals surface area (Å²) in [6.07, 6.45) is 8.03. The molecule has 1 heterocycles. The number of ether oxygens (including phenoxy) is 1. The van der Waals surface area contributed by atoms with Gasteiger partial charge in [-0.25, -0.2) is 4.99 Å². The predicted octanol–water partition coefficient (Wildman–Crippen LogP) is 2.56. The summed E-state index contributed by atoms with van der Waals surface area (Å²) in [5, 5.41) is 0. The van der Waals surface area contributed by atoms with Crippen LogP contribution in [0.2, 0.25) is 0 Å². The number of hydrogen-bond acceptors (Lipinski definition) is 2. The highest BCUT2D eigenvalue weighted by atomic mass is 16.5. The molecule has 2 heteroatoms. The van der Waals surface area contributed by atoms with E-state index in [0.29, 0.717) is 6.61 Å². The Labute approximate surface area is 96.3 Å². The fourth-order valence-electron chi connectivity index (χ4n) is 1.89. The maximum Gasteiger partial charge on any atom is 0.192 e. The summed E-state index contributed by atoms with van der Waals surface area (Å²) in [6, 6.07) is 10.4. The summed E-state index contributed by atoms with van der Waals surface area (Å²) in [5.74, 6) is 1.83. The first-order valence-electron chi connectivity index (χ1n) is 5.41. The average molecular weight is 210 g/mol. The Morgan fingerprint density at radius 2 is 1.81 bits per heavy atom. The average Bonchev–Trinajstić information content (AvgIpc) is 3.01. The molecule has 1 atom stereocenters. The molecule has 1 aromatic carbocycles. The van der Waals surface area contributed by atoms with E-state index in [1.54, 1.807) is 0 Å². The summed E-state index contributed by atoms with van der Waals surface area (Å²) in [4.78, 5) is 4.60. The molecule has 0 unspecified atom stereocenters. The van der Waals surface area contributed by atoms with Crippen LogP contribution < -0.4 is 0 Å². The number of rotatable bonds is 2. The first-order chi connectivity index (χ1) is 7.93. The SMILES string of the molecule is [CH]1[CH][CH][C](C2=N[C@H](c3ccccc3)CO2)[CH]1. The van der Waals surface area contributed by atoms with E-state index < -0.39 is 0 Å². The van der Waals surface area contributed by atoms with E-state index in [4.69, 9.17) is 4.74 Å². The highest BCUT2D eigenvalue weighted by Gasteiger charge is 2.29. The molecule has 1 aliphatic carbocycles. The second-order valence-corrected chi connectivity index (χ2v) is 3.85. The first kappa shape index (κ1) is 9.88. The number of hydrogen-bond donors (Lipinski definition) is 0. The van der Waals surface area contributed by atoms with Crippen molar-refractivity contribution in [3.8, 4) is 0 Å². The van der Waals surface area contributed by atoms with Crippen LogP contribution in [0, 0.1) is 31.6 Å². The van der Waals surface area contributed by atoms with Crippen LogP contribution in [0.4, 0.5) is 0 Å². The Morgan fingerprint density at radius 1 is 1.06 bits per heavy atom. The lowest BCUT2D eigenvalue weighted by Crippen LogP contribution is -2.09. The molecule has 0 bridgehead atoms. The molecule has 2 aliphatic rings. The third-order valence-electron chi connectivity index (χ3n) is 2.74. The Morgan fingerprint density at radius 3 is 2.56 bits per heavy atom. The quantitative estimate of drug-likeness (QED) is 0.735. The minimum Gasteiger partial charge on any atom is -0.478 e. The van der Waals surface area contributed by atoms with Crippen LogP contribution in [0.25, 0.3) is 0 Å². The van der Waals surface area contributed by atoms with Crippen molar-refractivity contribution in [2.75, 3.05) is 6.61 Å². The number of aliphatic imine (C=N–C) groups is 1. The minimum absolute atomic E-state index is 0.145. The van der Waals surface area contributed by atoms with Crippen LogP contribution in [0.15, 0.2) is 35.3 Å². The Kier molecular flexibility index (Phi) is 2.65. The van der Waals surface area contributed by atoms with Crippen molar-refractivity contribution in [2.45, 2.75) is 6.04 Å². The highest BCUT2D eigenvalue weighted by Crippen LogP contribution is 2.31. The molecule has 0 spiro atoms. The summed E-state index contributed by atoms with van der Waals surface area (Å²) in [5.41, 5.74) is 1.21. The topological polar surface area (TPSA) is 21.6 Å². The summed E-state index contributed by atoms with van der Waals surface area (Å²) >= 11 is 0. The fourth-order valence-corrected chi connectivity index (χ4v) is 1.89. The van der Waals surface area contributed by atoms with Gasteiger partial charge in [0.05, 0.1) is 5.92 Å². The van der Waals surface area contributed by atoms with Gasteiger partial charge in [0.15, 0.2) is 5.90 Å². The van der Waals surface area contributed by atoms with E-state index in [1.807, 2.05) is 43.9 Å². The maximum atomic E-state index is 5.61. The third kappa shape index (κ3) is 1.84. The molecule has 1 aliphatic heterocycles. The van der Waals surface area contributed by atoms with Crippen molar-refractivity contribution < 1.29 is 4.74 Å². The molecular formula is C14H12NO. The van der Waals surface area contributed by atoms with Gasteiger partial charge in [0.25, 0.3) is 0 Å². The smallest absolute Gasteiger partial charge is 0.192 e. The summed E-state index contributed by atoms with van der Waals surface area (Å²) in [7, 11) is 0. The van der Waals surface area contributed by atoms with Crippen molar-refractivity contribution in [2.24, 2.45) is 4.99 Å². The molecular weight excluding hydrogens is 198 g/mol. The number of nitrogens with zero attached hydrogens (tertiary/aromatic N) is 1. The lowest BCUT2D eigenvalue weighted by atomic mass is 10.1. The van der Waals surface area contributed by atoms with E-state index >= 15 is 0 Å². The van der Waals surface area contributed by atoms with Gasteiger partial charge >= 0.3 is 0 Å². The predicted molar refractivity (Wildman–Crippen MR) is 63.0 cm³/mol. The summed E-state index contributed by atoms with van der Waals surface area (Å²) in [6.45, 7) is 0.643. The van der Waals surface area contributed by atoms with Crippen molar-refractivity contribution in [3.63, 3.8) is 0 Å². The molecule has 1 saturated carbocycles. The summed E-state index contributed by atoms with van der Waals surface area (Å²) < 4.78 is 5.61. The van der Waals surface area contributed by atoms with Crippen LogP contribution >= 0.6 is 0 Å². The van der Waals surface area contributed by atoms with Gasteiger partial charge < -0.3 is 4.74 Å². The zero-order chi connectivity index (χ0) is 10.8. The van der Waals surface area contributed by atoms with E-state index in [1.165, 1.54) is 5.56 Å². The lowest BCUT2D eigenvalue weighted by molar-refractivity contribution is 0.317. The Hall–Kier alpha value is -1.31. The zero-order valence-electron chi connectivity index (χ0n) is 8.84. The monoisotopic (exact) mass is 210 g/mol. The van der Waals surface area contributed by atoms with E-state index in [0.717, 1.165) is 11.8 Å². The molecule has 0 saturated heterocycles. The molecule has 16 heavy (non-hydrogen) atoms. The molecule has 79 valence electrons. The van der Waals surface area contributed by atoms with E-state index in [2.05, 4.69) is 17.1 Å². The second-order valence-electron chi connectivity index (χ2n) is 3.85. The molecule has 1 fully saturated rings. The van der Waals surface area contributed by atoms with Crippen molar-refractivity contribution in [3.05, 3.63) is 67.5 Å². The van der Waals surface area contributed by atoms with Crippen molar-refractivity contribution >= 4 is 5.90 Å². The molecule has 0 aromatic heterocycles. The second kappa shape index (κ2) is 4.28. The normalized spacial score (nSPS) is 25.5. The zero-order valence-corrected chi connectivity index (χ0v) is 8.84. The van der Waals surface area contributed by atoms with Crippen molar-refractivity contribution in [1.29, 1.82) is 0 Å². The molecule has 3 rings (SSSR count).